The largest absolute Gasteiger partial charge is 0.272 e. The van der Waals surface area contributed by atoms with Gasteiger partial charge in [-0.3, -0.25) is 4.79 Å². The number of hydrazone groups is 1. The number of carbonyl (C=O) groups excluding carboxylic acids is 1. The van der Waals surface area contributed by atoms with E-state index in [0.29, 0.717) is 15.6 Å². The summed E-state index contributed by atoms with van der Waals surface area (Å²) < 4.78 is 0. The lowest BCUT2D eigenvalue weighted by Gasteiger charge is -2.02. The van der Waals surface area contributed by atoms with E-state index < -0.39 is 5.91 Å². The molecule has 3 nitrogen and oxygen atoms in total. The Bertz CT molecular complexity index is 582. The fourth-order valence-corrected chi connectivity index (χ4v) is 2.23. The van der Waals surface area contributed by atoms with E-state index in [-0.39, 0.29) is 0 Å². The lowest BCUT2D eigenvalue weighted by Crippen LogP contribution is -2.18. The molecular formula is C12H8Cl2N2OS. The smallest absolute Gasteiger partial charge is 0.267 e. The summed E-state index contributed by atoms with van der Waals surface area (Å²) in [7, 11) is 0. The monoisotopic (exact) mass is 298 g/mol. The first kappa shape index (κ1) is 13.1. The molecule has 0 aliphatic carbocycles. The van der Waals surface area contributed by atoms with Crippen molar-refractivity contribution in [3.63, 3.8) is 0 Å². The second-order valence-corrected chi connectivity index (χ2v) is 5.00. The van der Waals surface area contributed by atoms with Crippen molar-refractivity contribution >= 4 is 46.7 Å². The standard InChI is InChI=1S/C12H8Cl2N2OS/c13-9-1-2-11(14)10(5-9)12(17)16-15-6-8-3-4-18-7-8/h1-7H,(H,16,17)/b15-6-. The van der Waals surface area contributed by atoms with Gasteiger partial charge in [-0.15, -0.1) is 0 Å². The van der Waals surface area contributed by atoms with Gasteiger partial charge in [0.2, 0.25) is 0 Å². The maximum absolute atomic E-state index is 11.8. The van der Waals surface area contributed by atoms with Crippen LogP contribution >= 0.6 is 34.5 Å². The van der Waals surface area contributed by atoms with Crippen molar-refractivity contribution < 1.29 is 4.79 Å². The molecular weight excluding hydrogens is 291 g/mol. The Kier molecular flexibility index (Phi) is 4.36. The van der Waals surface area contributed by atoms with Crippen LogP contribution in [0.1, 0.15) is 15.9 Å². The first-order valence-corrected chi connectivity index (χ1v) is 6.67. The van der Waals surface area contributed by atoms with Crippen LogP contribution in [0.5, 0.6) is 0 Å². The molecule has 0 unspecified atom stereocenters. The van der Waals surface area contributed by atoms with Gasteiger partial charge in [0.25, 0.3) is 5.91 Å². The zero-order chi connectivity index (χ0) is 13.0. The fourth-order valence-electron chi connectivity index (χ4n) is 1.25. The van der Waals surface area contributed by atoms with E-state index in [4.69, 9.17) is 23.2 Å². The Labute approximate surface area is 118 Å². The molecule has 0 spiro atoms. The van der Waals surface area contributed by atoms with Crippen LogP contribution in [0.15, 0.2) is 40.1 Å². The molecule has 0 aliphatic rings. The number of thiophene rings is 1. The third kappa shape index (κ3) is 3.32. The van der Waals surface area contributed by atoms with Gasteiger partial charge in [-0.25, -0.2) is 5.43 Å². The highest BCUT2D eigenvalue weighted by molar-refractivity contribution is 7.08. The number of hydrogen-bond acceptors (Lipinski definition) is 3. The molecule has 0 fully saturated rings. The number of benzene rings is 1. The molecule has 1 heterocycles. The number of nitrogens with zero attached hydrogens (tertiary/aromatic N) is 1. The fraction of sp³-hybridized carbons (Fsp3) is 0. The molecule has 1 aromatic carbocycles. The lowest BCUT2D eigenvalue weighted by molar-refractivity contribution is 0.0955. The third-order valence-electron chi connectivity index (χ3n) is 2.10. The lowest BCUT2D eigenvalue weighted by atomic mass is 10.2. The van der Waals surface area contributed by atoms with E-state index in [1.807, 2.05) is 16.8 Å². The van der Waals surface area contributed by atoms with Gasteiger partial charge in [0.05, 0.1) is 16.8 Å². The number of rotatable bonds is 3. The summed E-state index contributed by atoms with van der Waals surface area (Å²) in [6.45, 7) is 0. The predicted molar refractivity (Wildman–Crippen MR) is 75.8 cm³/mol. The number of amides is 1. The van der Waals surface area contributed by atoms with Crippen molar-refractivity contribution in [2.75, 3.05) is 0 Å². The molecule has 2 aromatic rings. The summed E-state index contributed by atoms with van der Waals surface area (Å²) in [5, 5.41) is 8.47. The van der Waals surface area contributed by atoms with Crippen LogP contribution < -0.4 is 5.43 Å². The Balaban J connectivity index is 2.06. The van der Waals surface area contributed by atoms with Crippen LogP contribution in [0.25, 0.3) is 0 Å². The Morgan fingerprint density at radius 1 is 1.33 bits per heavy atom. The molecule has 2 rings (SSSR count). The average Bonchev–Trinajstić information content (AvgIpc) is 2.85. The van der Waals surface area contributed by atoms with Crippen molar-refractivity contribution in [1.82, 2.24) is 5.43 Å². The average molecular weight is 299 g/mol. The molecule has 0 aliphatic heterocycles. The second kappa shape index (κ2) is 6.00. The maximum atomic E-state index is 11.8. The van der Waals surface area contributed by atoms with Gasteiger partial charge in [0, 0.05) is 10.6 Å². The van der Waals surface area contributed by atoms with Crippen LogP contribution in [-0.2, 0) is 0 Å². The SMILES string of the molecule is O=C(N/N=C\c1ccsc1)c1cc(Cl)ccc1Cl. The Hall–Kier alpha value is -1.36. The molecule has 0 saturated heterocycles. The Morgan fingerprint density at radius 3 is 2.89 bits per heavy atom. The van der Waals surface area contributed by atoms with Crippen molar-refractivity contribution in [3.05, 3.63) is 56.2 Å². The van der Waals surface area contributed by atoms with Gasteiger partial charge < -0.3 is 0 Å². The van der Waals surface area contributed by atoms with Gasteiger partial charge in [0.1, 0.15) is 0 Å². The minimum Gasteiger partial charge on any atom is -0.267 e. The number of nitrogens with one attached hydrogen (secondary N) is 1. The summed E-state index contributed by atoms with van der Waals surface area (Å²) in [5.74, 6) is -0.394. The van der Waals surface area contributed by atoms with Crippen LogP contribution in [0.3, 0.4) is 0 Å². The van der Waals surface area contributed by atoms with Crippen molar-refractivity contribution in [3.8, 4) is 0 Å². The summed E-state index contributed by atoms with van der Waals surface area (Å²) >= 11 is 13.3. The zero-order valence-corrected chi connectivity index (χ0v) is 11.4. The highest BCUT2D eigenvalue weighted by atomic mass is 35.5. The second-order valence-electron chi connectivity index (χ2n) is 3.38. The first-order chi connectivity index (χ1) is 8.66. The van der Waals surface area contributed by atoms with Gasteiger partial charge in [0.15, 0.2) is 0 Å². The predicted octanol–water partition coefficient (Wildman–Crippen LogP) is 3.82. The highest BCUT2D eigenvalue weighted by Gasteiger charge is 2.09. The van der Waals surface area contributed by atoms with E-state index in [0.717, 1.165) is 5.56 Å². The van der Waals surface area contributed by atoms with Crippen LogP contribution in [0, 0.1) is 0 Å². The molecule has 18 heavy (non-hydrogen) atoms. The molecule has 0 radical (unpaired) electrons. The molecule has 0 atom stereocenters. The van der Waals surface area contributed by atoms with Gasteiger partial charge in [-0.05, 0) is 35.0 Å². The zero-order valence-electron chi connectivity index (χ0n) is 9.06. The summed E-state index contributed by atoms with van der Waals surface area (Å²) in [6, 6.07) is 6.59. The summed E-state index contributed by atoms with van der Waals surface area (Å²) in [4.78, 5) is 11.8. The topological polar surface area (TPSA) is 41.5 Å². The summed E-state index contributed by atoms with van der Waals surface area (Å²) in [5.41, 5.74) is 3.62. The van der Waals surface area contributed by atoms with Crippen LogP contribution in [-0.4, -0.2) is 12.1 Å². The number of hydrogen-bond donors (Lipinski definition) is 1. The molecule has 92 valence electrons. The molecule has 0 saturated carbocycles. The molecule has 6 heteroatoms. The van der Waals surface area contributed by atoms with Gasteiger partial charge >= 0.3 is 0 Å². The van der Waals surface area contributed by atoms with E-state index in [2.05, 4.69) is 10.5 Å². The normalized spacial score (nSPS) is 10.8. The van der Waals surface area contributed by atoms with Gasteiger partial charge in [-0.2, -0.15) is 16.4 Å². The Morgan fingerprint density at radius 2 is 2.17 bits per heavy atom. The van der Waals surface area contributed by atoms with Crippen molar-refractivity contribution in [1.29, 1.82) is 0 Å². The first-order valence-electron chi connectivity index (χ1n) is 4.97. The summed E-state index contributed by atoms with van der Waals surface area (Å²) in [6.07, 6.45) is 1.56. The van der Waals surface area contributed by atoms with E-state index in [1.54, 1.807) is 29.7 Å². The number of halogens is 2. The van der Waals surface area contributed by atoms with Crippen molar-refractivity contribution in [2.45, 2.75) is 0 Å². The number of carbonyl (C=O) groups is 1. The minimum absolute atomic E-state index is 0.298. The minimum atomic E-state index is -0.394. The van der Waals surface area contributed by atoms with E-state index in [1.165, 1.54) is 6.07 Å². The third-order valence-corrected chi connectivity index (χ3v) is 3.36. The molecule has 1 N–H and O–H groups in total. The quantitative estimate of drug-likeness (QED) is 0.679. The molecule has 0 bridgehead atoms. The molecule has 1 amide bonds. The van der Waals surface area contributed by atoms with Crippen LogP contribution in [0.2, 0.25) is 10.0 Å². The molecule has 1 aromatic heterocycles. The van der Waals surface area contributed by atoms with E-state index in [9.17, 15) is 4.79 Å². The van der Waals surface area contributed by atoms with Crippen molar-refractivity contribution in [2.24, 2.45) is 5.10 Å². The van der Waals surface area contributed by atoms with Crippen LogP contribution in [0.4, 0.5) is 0 Å². The maximum Gasteiger partial charge on any atom is 0.272 e. The highest BCUT2D eigenvalue weighted by Crippen LogP contribution is 2.20. The van der Waals surface area contributed by atoms with Gasteiger partial charge in [-0.1, -0.05) is 23.2 Å². The van der Waals surface area contributed by atoms with E-state index >= 15 is 0 Å².